The first-order valence-corrected chi connectivity index (χ1v) is 6.73. The number of piperidine rings is 1. The van der Waals surface area contributed by atoms with E-state index in [9.17, 15) is 5.11 Å². The van der Waals surface area contributed by atoms with Crippen LogP contribution in [0.4, 0.5) is 0 Å². The lowest BCUT2D eigenvalue weighted by atomic mass is 9.96. The number of benzene rings is 1. The van der Waals surface area contributed by atoms with Crippen molar-refractivity contribution in [3.05, 3.63) is 23.8 Å². The quantitative estimate of drug-likeness (QED) is 0.893. The van der Waals surface area contributed by atoms with Gasteiger partial charge in [-0.2, -0.15) is 0 Å². The Labute approximate surface area is 109 Å². The number of rotatable bonds is 3. The van der Waals surface area contributed by atoms with E-state index < -0.39 is 0 Å². The number of methoxy groups -OCH3 is 1. The van der Waals surface area contributed by atoms with E-state index in [1.54, 1.807) is 13.2 Å². The first-order chi connectivity index (χ1) is 8.61. The molecular weight excluding hydrogens is 226 g/mol. The highest BCUT2D eigenvalue weighted by Crippen LogP contribution is 2.29. The van der Waals surface area contributed by atoms with Gasteiger partial charge in [0.1, 0.15) is 0 Å². The second-order valence-electron chi connectivity index (χ2n) is 5.31. The molecule has 1 saturated heterocycles. The van der Waals surface area contributed by atoms with Crippen molar-refractivity contribution in [3.63, 3.8) is 0 Å². The lowest BCUT2D eigenvalue weighted by Gasteiger charge is -2.39. The molecule has 1 aromatic carbocycles. The maximum Gasteiger partial charge on any atom is 0.160 e. The molecule has 0 spiro atoms. The summed E-state index contributed by atoms with van der Waals surface area (Å²) in [6.07, 6.45) is 3.89. The summed E-state index contributed by atoms with van der Waals surface area (Å²) in [4.78, 5) is 2.54. The second kappa shape index (κ2) is 5.61. The minimum atomic E-state index is 0.209. The number of hydrogen-bond donors (Lipinski definition) is 1. The van der Waals surface area contributed by atoms with Gasteiger partial charge in [-0.15, -0.1) is 0 Å². The van der Waals surface area contributed by atoms with Crippen LogP contribution >= 0.6 is 0 Å². The molecule has 0 amide bonds. The van der Waals surface area contributed by atoms with E-state index in [4.69, 9.17) is 4.74 Å². The van der Waals surface area contributed by atoms with Crippen LogP contribution in [-0.2, 0) is 6.54 Å². The number of likely N-dealkylation sites (tertiary alicyclic amines) is 1. The lowest BCUT2D eigenvalue weighted by molar-refractivity contribution is 0.0952. The molecule has 1 aliphatic rings. The van der Waals surface area contributed by atoms with Gasteiger partial charge in [0.25, 0.3) is 0 Å². The molecule has 2 atom stereocenters. The molecule has 1 fully saturated rings. The van der Waals surface area contributed by atoms with Crippen LogP contribution in [0.5, 0.6) is 11.5 Å². The molecule has 100 valence electrons. The van der Waals surface area contributed by atoms with Gasteiger partial charge >= 0.3 is 0 Å². The Morgan fingerprint density at radius 2 is 1.94 bits per heavy atom. The molecule has 1 aliphatic heterocycles. The standard InChI is InChI=1S/C15H23NO2/c1-11-5-4-6-12(2)16(11)10-13-7-8-14(17)15(9-13)18-3/h7-9,11-12,17H,4-6,10H2,1-3H3/t11-,12+. The molecule has 0 aromatic heterocycles. The van der Waals surface area contributed by atoms with Crippen molar-refractivity contribution in [1.82, 2.24) is 4.90 Å². The van der Waals surface area contributed by atoms with E-state index in [-0.39, 0.29) is 5.75 Å². The van der Waals surface area contributed by atoms with Gasteiger partial charge in [0.05, 0.1) is 7.11 Å². The molecule has 0 radical (unpaired) electrons. The van der Waals surface area contributed by atoms with Crippen LogP contribution < -0.4 is 4.74 Å². The maximum atomic E-state index is 9.61. The van der Waals surface area contributed by atoms with Crippen molar-refractivity contribution in [2.75, 3.05) is 7.11 Å². The Kier molecular flexibility index (Phi) is 4.12. The Hall–Kier alpha value is -1.22. The smallest absolute Gasteiger partial charge is 0.160 e. The molecule has 0 bridgehead atoms. The monoisotopic (exact) mass is 249 g/mol. The van der Waals surface area contributed by atoms with Crippen LogP contribution in [0.3, 0.4) is 0 Å². The van der Waals surface area contributed by atoms with Crippen LogP contribution in [0.2, 0.25) is 0 Å². The first kappa shape index (κ1) is 13.2. The zero-order valence-electron chi connectivity index (χ0n) is 11.5. The van der Waals surface area contributed by atoms with Gasteiger partial charge < -0.3 is 9.84 Å². The van der Waals surface area contributed by atoms with Crippen molar-refractivity contribution in [1.29, 1.82) is 0 Å². The third-order valence-corrected chi connectivity index (χ3v) is 3.99. The van der Waals surface area contributed by atoms with Gasteiger partial charge in [-0.05, 0) is 44.4 Å². The Morgan fingerprint density at radius 1 is 1.28 bits per heavy atom. The number of nitrogens with zero attached hydrogens (tertiary/aromatic N) is 1. The molecule has 1 N–H and O–H groups in total. The third kappa shape index (κ3) is 2.78. The van der Waals surface area contributed by atoms with E-state index in [1.807, 2.05) is 12.1 Å². The minimum absolute atomic E-state index is 0.209. The third-order valence-electron chi connectivity index (χ3n) is 3.99. The largest absolute Gasteiger partial charge is 0.504 e. The summed E-state index contributed by atoms with van der Waals surface area (Å²) in [7, 11) is 1.59. The summed E-state index contributed by atoms with van der Waals surface area (Å²) >= 11 is 0. The van der Waals surface area contributed by atoms with E-state index in [0.29, 0.717) is 17.8 Å². The van der Waals surface area contributed by atoms with Crippen molar-refractivity contribution < 1.29 is 9.84 Å². The fourth-order valence-electron chi connectivity index (χ4n) is 2.82. The Bertz CT molecular complexity index is 395. The van der Waals surface area contributed by atoms with Crippen molar-refractivity contribution in [3.8, 4) is 11.5 Å². The number of hydrogen-bond acceptors (Lipinski definition) is 3. The van der Waals surface area contributed by atoms with Crippen LogP contribution in [0.15, 0.2) is 18.2 Å². The number of ether oxygens (including phenoxy) is 1. The molecule has 3 nitrogen and oxygen atoms in total. The fraction of sp³-hybridized carbons (Fsp3) is 0.600. The van der Waals surface area contributed by atoms with E-state index in [0.717, 1.165) is 6.54 Å². The van der Waals surface area contributed by atoms with E-state index in [1.165, 1.54) is 24.8 Å². The highest BCUT2D eigenvalue weighted by molar-refractivity contribution is 5.41. The van der Waals surface area contributed by atoms with Crippen molar-refractivity contribution in [2.24, 2.45) is 0 Å². The second-order valence-corrected chi connectivity index (χ2v) is 5.31. The number of aromatic hydroxyl groups is 1. The summed E-state index contributed by atoms with van der Waals surface area (Å²) in [5.74, 6) is 0.769. The summed E-state index contributed by atoms with van der Waals surface area (Å²) in [6.45, 7) is 5.53. The van der Waals surface area contributed by atoms with Crippen molar-refractivity contribution >= 4 is 0 Å². The predicted molar refractivity (Wildman–Crippen MR) is 73.0 cm³/mol. The minimum Gasteiger partial charge on any atom is -0.504 e. The first-order valence-electron chi connectivity index (χ1n) is 6.73. The molecular formula is C15H23NO2. The molecule has 1 aromatic rings. The van der Waals surface area contributed by atoms with Crippen LogP contribution in [0.25, 0.3) is 0 Å². The topological polar surface area (TPSA) is 32.7 Å². The molecule has 1 heterocycles. The van der Waals surface area contributed by atoms with Gasteiger partial charge in [-0.1, -0.05) is 12.5 Å². The van der Waals surface area contributed by atoms with E-state index in [2.05, 4.69) is 18.7 Å². The van der Waals surface area contributed by atoms with Gasteiger partial charge in [-0.25, -0.2) is 0 Å². The van der Waals surface area contributed by atoms with Crippen LogP contribution in [0, 0.1) is 0 Å². The molecule has 0 unspecified atom stereocenters. The highest BCUT2D eigenvalue weighted by Gasteiger charge is 2.24. The zero-order chi connectivity index (χ0) is 13.1. The van der Waals surface area contributed by atoms with Crippen LogP contribution in [0.1, 0.15) is 38.7 Å². The van der Waals surface area contributed by atoms with E-state index >= 15 is 0 Å². The summed E-state index contributed by atoms with van der Waals surface area (Å²) in [5, 5.41) is 9.61. The maximum absolute atomic E-state index is 9.61. The Balaban J connectivity index is 2.12. The summed E-state index contributed by atoms with van der Waals surface area (Å²) < 4.78 is 5.16. The normalized spacial score (nSPS) is 25.1. The lowest BCUT2D eigenvalue weighted by Crippen LogP contribution is -2.42. The van der Waals surface area contributed by atoms with Gasteiger partial charge in [0.2, 0.25) is 0 Å². The van der Waals surface area contributed by atoms with Gasteiger partial charge in [0.15, 0.2) is 11.5 Å². The average molecular weight is 249 g/mol. The SMILES string of the molecule is COc1cc(CN2[C@H](C)CCC[C@@H]2C)ccc1O. The molecule has 0 saturated carbocycles. The summed E-state index contributed by atoms with van der Waals surface area (Å²) in [6, 6.07) is 6.89. The number of phenols is 1. The molecule has 0 aliphatic carbocycles. The van der Waals surface area contributed by atoms with Crippen molar-refractivity contribution in [2.45, 2.75) is 51.7 Å². The zero-order valence-corrected chi connectivity index (χ0v) is 11.5. The predicted octanol–water partition coefficient (Wildman–Crippen LogP) is 3.16. The summed E-state index contributed by atoms with van der Waals surface area (Å²) in [5.41, 5.74) is 1.20. The van der Waals surface area contributed by atoms with Gasteiger partial charge in [-0.3, -0.25) is 4.90 Å². The molecule has 18 heavy (non-hydrogen) atoms. The fourth-order valence-corrected chi connectivity index (χ4v) is 2.82. The Morgan fingerprint density at radius 3 is 2.56 bits per heavy atom. The average Bonchev–Trinajstić information content (AvgIpc) is 2.36. The number of phenolic OH excluding ortho intramolecular Hbond substituents is 1. The van der Waals surface area contributed by atoms with Gasteiger partial charge in [0, 0.05) is 18.6 Å². The molecule has 3 heteroatoms. The molecule has 2 rings (SSSR count). The highest BCUT2D eigenvalue weighted by atomic mass is 16.5. The van der Waals surface area contributed by atoms with Crippen LogP contribution in [-0.4, -0.2) is 29.2 Å².